The van der Waals surface area contributed by atoms with Gasteiger partial charge in [0, 0.05) is 43.8 Å². The number of anilines is 1. The van der Waals surface area contributed by atoms with Crippen LogP contribution < -0.4 is 10.5 Å². The summed E-state index contributed by atoms with van der Waals surface area (Å²) in [5.74, 6) is 0.486. The van der Waals surface area contributed by atoms with Crippen LogP contribution in [0.5, 0.6) is 0 Å². The van der Waals surface area contributed by atoms with Gasteiger partial charge in [0.2, 0.25) is 5.95 Å². The van der Waals surface area contributed by atoms with E-state index in [-0.39, 0.29) is 5.56 Å². The average Bonchev–Trinajstić information content (AvgIpc) is 3.28. The molecule has 0 radical (unpaired) electrons. The molecule has 0 saturated heterocycles. The van der Waals surface area contributed by atoms with E-state index in [9.17, 15) is 4.79 Å². The minimum atomic E-state index is -0.221. The van der Waals surface area contributed by atoms with Crippen LogP contribution in [0.2, 0.25) is 0 Å². The number of pyridine rings is 2. The average molecular weight is 423 g/mol. The van der Waals surface area contributed by atoms with Crippen molar-refractivity contribution in [3.8, 4) is 5.69 Å². The molecule has 5 rings (SSSR count). The summed E-state index contributed by atoms with van der Waals surface area (Å²) in [6.07, 6.45) is 7.61. The Morgan fingerprint density at radius 2 is 1.81 bits per heavy atom. The molecule has 0 amide bonds. The molecule has 8 nitrogen and oxygen atoms in total. The van der Waals surface area contributed by atoms with E-state index in [0.29, 0.717) is 36.5 Å². The molecule has 0 spiro atoms. The first-order chi connectivity index (χ1) is 15.8. The lowest BCUT2D eigenvalue weighted by molar-refractivity contribution is 0.739. The third kappa shape index (κ3) is 4.11. The molecule has 0 saturated carbocycles. The van der Waals surface area contributed by atoms with Gasteiger partial charge in [-0.25, -0.2) is 4.68 Å². The molecule has 1 N–H and O–H groups in total. The molecule has 8 heteroatoms. The van der Waals surface area contributed by atoms with Gasteiger partial charge in [-0.15, -0.1) is 0 Å². The Morgan fingerprint density at radius 3 is 2.59 bits per heavy atom. The maximum Gasteiger partial charge on any atom is 0.263 e. The van der Waals surface area contributed by atoms with Crippen LogP contribution in [0.4, 0.5) is 5.95 Å². The fourth-order valence-corrected chi connectivity index (χ4v) is 3.58. The third-order valence-corrected chi connectivity index (χ3v) is 5.19. The molecular weight excluding hydrogens is 402 g/mol. The zero-order chi connectivity index (χ0) is 21.8. The predicted molar refractivity (Wildman–Crippen MR) is 123 cm³/mol. The van der Waals surface area contributed by atoms with Gasteiger partial charge in [0.1, 0.15) is 5.39 Å². The van der Waals surface area contributed by atoms with E-state index in [1.165, 1.54) is 0 Å². The predicted octanol–water partition coefficient (Wildman–Crippen LogP) is 3.15. The maximum atomic E-state index is 12.9. The second-order valence-electron chi connectivity index (χ2n) is 7.37. The summed E-state index contributed by atoms with van der Waals surface area (Å²) >= 11 is 0. The molecule has 32 heavy (non-hydrogen) atoms. The number of rotatable bonds is 7. The number of nitrogens with one attached hydrogen (secondary N) is 1. The highest BCUT2D eigenvalue weighted by molar-refractivity contribution is 5.76. The summed E-state index contributed by atoms with van der Waals surface area (Å²) in [6, 6.07) is 19.4. The molecule has 0 aliphatic carbocycles. The van der Waals surface area contributed by atoms with Crippen LogP contribution in [0.3, 0.4) is 0 Å². The van der Waals surface area contributed by atoms with Crippen LogP contribution in [0.25, 0.3) is 16.7 Å². The molecule has 4 heterocycles. The minimum Gasteiger partial charge on any atom is -0.338 e. The standard InChI is InChI=1S/C24H21N7O/c32-23-21-16-27-31(20-9-2-1-3-10-20)22(21)28-24(29-23)30(17-18-7-6-12-25-15-18)14-11-19-8-4-5-13-26-19/h1-10,12-13,15-16H,11,14,17H2,(H,28,29,32). The molecule has 4 aromatic heterocycles. The number of hydrogen-bond donors (Lipinski definition) is 1. The van der Waals surface area contributed by atoms with Crippen molar-refractivity contribution in [1.29, 1.82) is 0 Å². The van der Waals surface area contributed by atoms with Gasteiger partial charge < -0.3 is 4.90 Å². The van der Waals surface area contributed by atoms with Gasteiger partial charge in [0.15, 0.2) is 5.65 Å². The number of aromatic nitrogens is 6. The Morgan fingerprint density at radius 1 is 0.938 bits per heavy atom. The zero-order valence-corrected chi connectivity index (χ0v) is 17.3. The van der Waals surface area contributed by atoms with Crippen molar-refractivity contribution in [1.82, 2.24) is 29.7 Å². The van der Waals surface area contributed by atoms with E-state index in [1.807, 2.05) is 71.8 Å². The van der Waals surface area contributed by atoms with Crippen molar-refractivity contribution in [3.63, 3.8) is 0 Å². The van der Waals surface area contributed by atoms with Gasteiger partial charge in [0.25, 0.3) is 5.56 Å². The van der Waals surface area contributed by atoms with Crippen LogP contribution in [-0.2, 0) is 13.0 Å². The van der Waals surface area contributed by atoms with Crippen LogP contribution >= 0.6 is 0 Å². The number of hydrogen-bond acceptors (Lipinski definition) is 6. The molecule has 158 valence electrons. The van der Waals surface area contributed by atoms with Gasteiger partial charge >= 0.3 is 0 Å². The van der Waals surface area contributed by atoms with Crippen LogP contribution in [0.15, 0.2) is 90.2 Å². The topological polar surface area (TPSA) is 92.6 Å². The number of aromatic amines is 1. The Bertz CT molecular complexity index is 1370. The number of benzene rings is 1. The van der Waals surface area contributed by atoms with E-state index in [0.717, 1.165) is 16.9 Å². The van der Waals surface area contributed by atoms with Gasteiger partial charge in [-0.2, -0.15) is 10.1 Å². The second kappa shape index (κ2) is 8.81. The normalized spacial score (nSPS) is 11.0. The maximum absolute atomic E-state index is 12.9. The van der Waals surface area contributed by atoms with Crippen molar-refractivity contribution in [2.45, 2.75) is 13.0 Å². The number of nitrogens with zero attached hydrogens (tertiary/aromatic N) is 6. The van der Waals surface area contributed by atoms with E-state index in [2.05, 4.69) is 20.1 Å². The lowest BCUT2D eigenvalue weighted by atomic mass is 10.2. The van der Waals surface area contributed by atoms with Crippen LogP contribution in [0, 0.1) is 0 Å². The lowest BCUT2D eigenvalue weighted by Gasteiger charge is -2.23. The highest BCUT2D eigenvalue weighted by atomic mass is 16.1. The van der Waals surface area contributed by atoms with Crippen LogP contribution in [-0.4, -0.2) is 36.3 Å². The monoisotopic (exact) mass is 423 g/mol. The lowest BCUT2D eigenvalue weighted by Crippen LogP contribution is -2.29. The first-order valence-electron chi connectivity index (χ1n) is 10.4. The van der Waals surface area contributed by atoms with Crippen molar-refractivity contribution in [2.24, 2.45) is 0 Å². The van der Waals surface area contributed by atoms with Crippen LogP contribution in [0.1, 0.15) is 11.3 Å². The largest absolute Gasteiger partial charge is 0.338 e. The van der Waals surface area contributed by atoms with E-state index in [1.54, 1.807) is 23.3 Å². The molecule has 0 aliphatic rings. The highest BCUT2D eigenvalue weighted by Gasteiger charge is 2.16. The van der Waals surface area contributed by atoms with Crippen molar-refractivity contribution in [2.75, 3.05) is 11.4 Å². The molecular formula is C24H21N7O. The van der Waals surface area contributed by atoms with Crippen molar-refractivity contribution in [3.05, 3.63) is 107 Å². The Hall–Kier alpha value is -4.33. The summed E-state index contributed by atoms with van der Waals surface area (Å²) in [4.78, 5) is 31.3. The first kappa shape index (κ1) is 19.6. The SMILES string of the molecule is O=c1[nH]c(N(CCc2ccccn2)Cc2cccnc2)nc2c1cnn2-c1ccccc1. The smallest absolute Gasteiger partial charge is 0.263 e. The summed E-state index contributed by atoms with van der Waals surface area (Å²) < 4.78 is 1.69. The molecule has 0 unspecified atom stereocenters. The number of fused-ring (bicyclic) bond motifs is 1. The summed E-state index contributed by atoms with van der Waals surface area (Å²) in [5.41, 5.74) is 3.14. The van der Waals surface area contributed by atoms with Gasteiger partial charge in [-0.3, -0.25) is 19.7 Å². The molecule has 5 aromatic rings. The second-order valence-corrected chi connectivity index (χ2v) is 7.37. The van der Waals surface area contributed by atoms with Gasteiger partial charge in [-0.05, 0) is 35.9 Å². The third-order valence-electron chi connectivity index (χ3n) is 5.19. The zero-order valence-electron chi connectivity index (χ0n) is 17.3. The van der Waals surface area contributed by atoms with Crippen molar-refractivity contribution < 1.29 is 0 Å². The summed E-state index contributed by atoms with van der Waals surface area (Å²) in [6.45, 7) is 1.18. The number of H-pyrrole nitrogens is 1. The Kier molecular flexibility index (Phi) is 5.40. The van der Waals surface area contributed by atoms with Gasteiger partial charge in [-0.1, -0.05) is 30.3 Å². The number of para-hydroxylation sites is 1. The van der Waals surface area contributed by atoms with E-state index < -0.39 is 0 Å². The van der Waals surface area contributed by atoms with E-state index >= 15 is 0 Å². The van der Waals surface area contributed by atoms with Gasteiger partial charge in [0.05, 0.1) is 11.9 Å². The Balaban J connectivity index is 1.54. The van der Waals surface area contributed by atoms with Crippen molar-refractivity contribution >= 4 is 17.0 Å². The molecule has 0 aliphatic heterocycles. The van der Waals surface area contributed by atoms with E-state index in [4.69, 9.17) is 4.98 Å². The minimum absolute atomic E-state index is 0.221. The summed E-state index contributed by atoms with van der Waals surface area (Å²) in [5, 5.41) is 4.85. The molecule has 0 atom stereocenters. The summed E-state index contributed by atoms with van der Waals surface area (Å²) in [7, 11) is 0. The fourth-order valence-electron chi connectivity index (χ4n) is 3.58. The quantitative estimate of drug-likeness (QED) is 0.432. The molecule has 1 aromatic carbocycles. The first-order valence-corrected chi connectivity index (χ1v) is 10.4. The fraction of sp³-hybridized carbons (Fsp3) is 0.125. The highest BCUT2D eigenvalue weighted by Crippen LogP contribution is 2.18. The molecule has 0 fully saturated rings. The Labute approximate surface area is 184 Å². The molecule has 0 bridgehead atoms.